The highest BCUT2D eigenvalue weighted by Gasteiger charge is 2.10. The lowest BCUT2D eigenvalue weighted by atomic mass is 10.4. The summed E-state index contributed by atoms with van der Waals surface area (Å²) in [5.74, 6) is 1.53. The normalized spacial score (nSPS) is 11.1. The second kappa shape index (κ2) is 5.46. The van der Waals surface area contributed by atoms with Gasteiger partial charge < -0.3 is 0 Å². The lowest BCUT2D eigenvalue weighted by Crippen LogP contribution is -2.19. The molecule has 0 aliphatic carbocycles. The van der Waals surface area contributed by atoms with E-state index < -0.39 is 0 Å². The molecule has 0 saturated carbocycles. The summed E-state index contributed by atoms with van der Waals surface area (Å²) in [5.41, 5.74) is -0.145. The molecule has 0 fully saturated rings. The Morgan fingerprint density at radius 3 is 2.93 bits per heavy atom. The Labute approximate surface area is 92.0 Å². The van der Waals surface area contributed by atoms with Crippen LogP contribution in [0.4, 0.5) is 0 Å². The van der Waals surface area contributed by atoms with Gasteiger partial charge in [0.1, 0.15) is 0 Å². The van der Waals surface area contributed by atoms with E-state index in [4.69, 9.17) is 11.6 Å². The Hall–Kier alpha value is -0.420. The van der Waals surface area contributed by atoms with E-state index in [1.54, 1.807) is 16.3 Å². The van der Waals surface area contributed by atoms with Gasteiger partial charge in [-0.1, -0.05) is 11.8 Å². The number of rotatable bonds is 5. The molecule has 1 N–H and O–H groups in total. The topological polar surface area (TPSA) is 50.7 Å². The fourth-order valence-electron chi connectivity index (χ4n) is 1.07. The molecule has 0 aliphatic rings. The number of aromatic nitrogens is 3. The summed E-state index contributed by atoms with van der Waals surface area (Å²) in [6, 6.07) is 0.139. The lowest BCUT2D eigenvalue weighted by molar-refractivity contribution is 0.534. The van der Waals surface area contributed by atoms with Crippen molar-refractivity contribution in [2.45, 2.75) is 31.5 Å². The standard InChI is InChI=1S/C8H14ClN3OS/c1-6(2)12-7(13)10-11-8(12)14-5-3-4-9/h6H,3-5H2,1-2H3,(H,10,13). The molecular formula is C8H14ClN3OS. The van der Waals surface area contributed by atoms with Crippen LogP contribution >= 0.6 is 23.4 Å². The van der Waals surface area contributed by atoms with Gasteiger partial charge in [0.25, 0.3) is 0 Å². The van der Waals surface area contributed by atoms with Crippen LogP contribution in [-0.4, -0.2) is 26.4 Å². The van der Waals surface area contributed by atoms with Crippen molar-refractivity contribution in [2.75, 3.05) is 11.6 Å². The molecule has 1 heterocycles. The molecule has 0 unspecified atom stereocenters. The fraction of sp³-hybridized carbons (Fsp3) is 0.750. The van der Waals surface area contributed by atoms with Gasteiger partial charge in [0, 0.05) is 17.7 Å². The first-order valence-corrected chi connectivity index (χ1v) is 6.04. The molecule has 0 amide bonds. The second-order valence-electron chi connectivity index (χ2n) is 3.17. The van der Waals surface area contributed by atoms with Crippen molar-refractivity contribution in [3.63, 3.8) is 0 Å². The van der Waals surface area contributed by atoms with Crippen LogP contribution in [-0.2, 0) is 0 Å². The maximum atomic E-state index is 11.3. The Morgan fingerprint density at radius 2 is 2.36 bits per heavy atom. The van der Waals surface area contributed by atoms with Gasteiger partial charge in [-0.15, -0.1) is 16.7 Å². The van der Waals surface area contributed by atoms with Crippen molar-refractivity contribution in [3.05, 3.63) is 10.5 Å². The van der Waals surface area contributed by atoms with Gasteiger partial charge in [-0.2, -0.15) is 0 Å². The zero-order chi connectivity index (χ0) is 10.6. The molecule has 0 radical (unpaired) electrons. The van der Waals surface area contributed by atoms with Crippen molar-refractivity contribution in [2.24, 2.45) is 0 Å². The number of alkyl halides is 1. The van der Waals surface area contributed by atoms with Crippen LogP contribution < -0.4 is 5.69 Å². The van der Waals surface area contributed by atoms with E-state index >= 15 is 0 Å². The summed E-state index contributed by atoms with van der Waals surface area (Å²) in [5, 5.41) is 7.15. The molecule has 1 rings (SSSR count). The van der Waals surface area contributed by atoms with Crippen molar-refractivity contribution in [1.29, 1.82) is 0 Å². The minimum absolute atomic E-state index is 0.139. The molecule has 0 bridgehead atoms. The van der Waals surface area contributed by atoms with Gasteiger partial charge in [-0.3, -0.25) is 4.57 Å². The third-order valence-electron chi connectivity index (χ3n) is 1.70. The third kappa shape index (κ3) is 2.78. The molecule has 0 aliphatic heterocycles. The number of nitrogens with one attached hydrogen (secondary N) is 1. The van der Waals surface area contributed by atoms with E-state index in [0.717, 1.165) is 17.3 Å². The predicted octanol–water partition coefficient (Wildman–Crippen LogP) is 1.87. The number of hydrogen-bond donors (Lipinski definition) is 1. The van der Waals surface area contributed by atoms with E-state index in [1.807, 2.05) is 13.8 Å². The average molecular weight is 236 g/mol. The number of thioether (sulfide) groups is 1. The Balaban J connectivity index is 2.71. The molecule has 1 aromatic heterocycles. The average Bonchev–Trinajstić information content (AvgIpc) is 2.47. The van der Waals surface area contributed by atoms with Crippen molar-refractivity contribution >= 4 is 23.4 Å². The SMILES string of the molecule is CC(C)n1c(SCCCCl)n[nH]c1=O. The second-order valence-corrected chi connectivity index (χ2v) is 4.61. The van der Waals surface area contributed by atoms with Crippen LogP contribution in [0.3, 0.4) is 0 Å². The van der Waals surface area contributed by atoms with Gasteiger partial charge >= 0.3 is 5.69 Å². The highest BCUT2D eigenvalue weighted by molar-refractivity contribution is 7.99. The quantitative estimate of drug-likeness (QED) is 0.482. The number of hydrogen-bond acceptors (Lipinski definition) is 3. The van der Waals surface area contributed by atoms with E-state index in [2.05, 4.69) is 10.2 Å². The van der Waals surface area contributed by atoms with Crippen LogP contribution in [0.15, 0.2) is 9.95 Å². The van der Waals surface area contributed by atoms with E-state index in [1.165, 1.54) is 0 Å². The molecule has 14 heavy (non-hydrogen) atoms. The largest absolute Gasteiger partial charge is 0.344 e. The summed E-state index contributed by atoms with van der Waals surface area (Å²) in [7, 11) is 0. The highest BCUT2D eigenvalue weighted by atomic mass is 35.5. The Kier molecular flexibility index (Phi) is 4.54. The number of H-pyrrole nitrogens is 1. The molecule has 1 aromatic rings. The number of aromatic amines is 1. The van der Waals surface area contributed by atoms with Gasteiger partial charge in [-0.25, -0.2) is 9.89 Å². The molecule has 0 saturated heterocycles. The first-order valence-electron chi connectivity index (χ1n) is 4.52. The maximum absolute atomic E-state index is 11.3. The van der Waals surface area contributed by atoms with Crippen LogP contribution in [0.25, 0.3) is 0 Å². The van der Waals surface area contributed by atoms with Crippen molar-refractivity contribution < 1.29 is 0 Å². The van der Waals surface area contributed by atoms with Crippen LogP contribution in [0.5, 0.6) is 0 Å². The molecule has 0 atom stereocenters. The maximum Gasteiger partial charge on any atom is 0.344 e. The van der Waals surface area contributed by atoms with E-state index in [-0.39, 0.29) is 11.7 Å². The Bertz CT molecular complexity index is 334. The van der Waals surface area contributed by atoms with Gasteiger partial charge in [0.15, 0.2) is 5.16 Å². The van der Waals surface area contributed by atoms with Crippen LogP contribution in [0, 0.1) is 0 Å². The molecule has 0 spiro atoms. The minimum Gasteiger partial charge on any atom is -0.268 e. The smallest absolute Gasteiger partial charge is 0.268 e. The zero-order valence-electron chi connectivity index (χ0n) is 8.29. The van der Waals surface area contributed by atoms with E-state index in [9.17, 15) is 4.79 Å². The lowest BCUT2D eigenvalue weighted by Gasteiger charge is -2.07. The summed E-state index contributed by atoms with van der Waals surface area (Å²) in [6.07, 6.45) is 0.922. The van der Waals surface area contributed by atoms with Crippen molar-refractivity contribution in [3.8, 4) is 0 Å². The number of nitrogens with zero attached hydrogens (tertiary/aromatic N) is 2. The Morgan fingerprint density at radius 1 is 1.64 bits per heavy atom. The van der Waals surface area contributed by atoms with Gasteiger partial charge in [0.05, 0.1) is 0 Å². The molecule has 6 heteroatoms. The highest BCUT2D eigenvalue weighted by Crippen LogP contribution is 2.17. The molecule has 80 valence electrons. The van der Waals surface area contributed by atoms with Crippen LogP contribution in [0.2, 0.25) is 0 Å². The van der Waals surface area contributed by atoms with Gasteiger partial charge in [-0.05, 0) is 20.3 Å². The third-order valence-corrected chi connectivity index (χ3v) is 3.00. The number of halogens is 1. The van der Waals surface area contributed by atoms with E-state index in [0.29, 0.717) is 5.88 Å². The summed E-state index contributed by atoms with van der Waals surface area (Å²) in [4.78, 5) is 11.3. The summed E-state index contributed by atoms with van der Waals surface area (Å²) < 4.78 is 1.65. The summed E-state index contributed by atoms with van der Waals surface area (Å²) >= 11 is 7.12. The van der Waals surface area contributed by atoms with Crippen molar-refractivity contribution in [1.82, 2.24) is 14.8 Å². The van der Waals surface area contributed by atoms with Crippen LogP contribution in [0.1, 0.15) is 26.3 Å². The molecule has 4 nitrogen and oxygen atoms in total. The molecule has 0 aromatic carbocycles. The first kappa shape index (κ1) is 11.7. The predicted molar refractivity (Wildman–Crippen MR) is 59.3 cm³/mol. The fourth-order valence-corrected chi connectivity index (χ4v) is 2.37. The van der Waals surface area contributed by atoms with Gasteiger partial charge in [0.2, 0.25) is 0 Å². The monoisotopic (exact) mass is 235 g/mol. The first-order chi connectivity index (χ1) is 6.66. The zero-order valence-corrected chi connectivity index (χ0v) is 9.86. The minimum atomic E-state index is -0.145. The summed E-state index contributed by atoms with van der Waals surface area (Å²) in [6.45, 7) is 3.92. The molecular weight excluding hydrogens is 222 g/mol.